The molecule has 8 heteroatoms. The molecule has 0 aliphatic heterocycles. The molecule has 0 unspecified atom stereocenters. The van der Waals surface area contributed by atoms with Crippen LogP contribution in [0.1, 0.15) is 31.0 Å². The number of nitrogens with one attached hydrogen (secondary N) is 1. The molecule has 0 saturated heterocycles. The van der Waals surface area contributed by atoms with E-state index in [-0.39, 0.29) is 22.7 Å². The highest BCUT2D eigenvalue weighted by Crippen LogP contribution is 2.19. The van der Waals surface area contributed by atoms with Gasteiger partial charge in [-0.25, -0.2) is 0 Å². The highest BCUT2D eigenvalue weighted by molar-refractivity contribution is 8.00. The molecule has 2 rings (SSSR count). The quantitative estimate of drug-likeness (QED) is 0.598. The van der Waals surface area contributed by atoms with Crippen LogP contribution in [0.4, 0.5) is 0 Å². The SMILES string of the molecule is Cc1nnc(S[C@H](C)C(=O)NC[C@@H](C)c2ccccc2)n(N)c1=O. The number of carbonyl (C=O) groups excluding carboxylic acids is 1. The molecule has 7 nitrogen and oxygen atoms in total. The maximum absolute atomic E-state index is 12.2. The van der Waals surface area contributed by atoms with Crippen LogP contribution in [0.25, 0.3) is 0 Å². The summed E-state index contributed by atoms with van der Waals surface area (Å²) in [6.07, 6.45) is 0. The Kier molecular flexibility index (Phi) is 5.97. The molecule has 24 heavy (non-hydrogen) atoms. The molecular formula is C16H21N5O2S. The lowest BCUT2D eigenvalue weighted by atomic mass is 10.0. The molecule has 0 radical (unpaired) electrons. The predicted octanol–water partition coefficient (Wildman–Crippen LogP) is 1.06. The number of hydrogen-bond donors (Lipinski definition) is 2. The number of thioether (sulfide) groups is 1. The van der Waals surface area contributed by atoms with Crippen molar-refractivity contribution in [3.05, 3.63) is 51.9 Å². The maximum Gasteiger partial charge on any atom is 0.294 e. The van der Waals surface area contributed by atoms with Crippen LogP contribution in [-0.4, -0.2) is 32.6 Å². The van der Waals surface area contributed by atoms with E-state index in [1.807, 2.05) is 30.3 Å². The summed E-state index contributed by atoms with van der Waals surface area (Å²) in [5, 5.41) is 10.3. The summed E-state index contributed by atoms with van der Waals surface area (Å²) in [7, 11) is 0. The molecular weight excluding hydrogens is 326 g/mol. The van der Waals surface area contributed by atoms with Crippen molar-refractivity contribution in [2.24, 2.45) is 0 Å². The number of nitrogens with zero attached hydrogens (tertiary/aromatic N) is 3. The molecule has 0 bridgehead atoms. The number of hydrogen-bond acceptors (Lipinski definition) is 6. The van der Waals surface area contributed by atoms with Gasteiger partial charge in [-0.2, -0.15) is 4.68 Å². The molecule has 0 spiro atoms. The van der Waals surface area contributed by atoms with Gasteiger partial charge in [-0.3, -0.25) is 9.59 Å². The van der Waals surface area contributed by atoms with Crippen molar-refractivity contribution in [2.75, 3.05) is 12.4 Å². The summed E-state index contributed by atoms with van der Waals surface area (Å²) in [6.45, 7) is 5.85. The van der Waals surface area contributed by atoms with E-state index in [2.05, 4.69) is 22.4 Å². The van der Waals surface area contributed by atoms with Gasteiger partial charge in [0, 0.05) is 6.54 Å². The molecule has 0 fully saturated rings. The number of amides is 1. The third-order valence-corrected chi connectivity index (χ3v) is 4.68. The van der Waals surface area contributed by atoms with Gasteiger partial charge in [0.2, 0.25) is 11.1 Å². The number of rotatable bonds is 6. The van der Waals surface area contributed by atoms with E-state index in [9.17, 15) is 9.59 Å². The Hall–Kier alpha value is -2.35. The third kappa shape index (κ3) is 4.35. The molecule has 1 amide bonds. The van der Waals surface area contributed by atoms with Crippen LogP contribution in [0, 0.1) is 6.92 Å². The lowest BCUT2D eigenvalue weighted by Gasteiger charge is -2.16. The van der Waals surface area contributed by atoms with Crippen LogP contribution in [0.15, 0.2) is 40.3 Å². The van der Waals surface area contributed by atoms with Gasteiger partial charge >= 0.3 is 0 Å². The number of benzene rings is 1. The smallest absolute Gasteiger partial charge is 0.294 e. The molecule has 1 aromatic carbocycles. The predicted molar refractivity (Wildman–Crippen MR) is 94.4 cm³/mol. The Balaban J connectivity index is 1.93. The zero-order valence-corrected chi connectivity index (χ0v) is 14.7. The van der Waals surface area contributed by atoms with E-state index in [1.165, 1.54) is 12.5 Å². The summed E-state index contributed by atoms with van der Waals surface area (Å²) in [5.74, 6) is 5.75. The topological polar surface area (TPSA) is 103 Å². The lowest BCUT2D eigenvalue weighted by Crippen LogP contribution is -2.36. The molecule has 0 saturated carbocycles. The van der Waals surface area contributed by atoms with Crippen LogP contribution in [0.2, 0.25) is 0 Å². The minimum atomic E-state index is -0.445. The zero-order chi connectivity index (χ0) is 17.7. The van der Waals surface area contributed by atoms with E-state index in [1.54, 1.807) is 6.92 Å². The number of aryl methyl sites for hydroxylation is 1. The van der Waals surface area contributed by atoms with E-state index in [0.29, 0.717) is 6.54 Å². The Morgan fingerprint density at radius 1 is 1.29 bits per heavy atom. The van der Waals surface area contributed by atoms with Gasteiger partial charge in [-0.05, 0) is 25.3 Å². The van der Waals surface area contributed by atoms with Crippen molar-refractivity contribution in [3.8, 4) is 0 Å². The molecule has 3 N–H and O–H groups in total. The van der Waals surface area contributed by atoms with E-state index in [4.69, 9.17) is 5.84 Å². The van der Waals surface area contributed by atoms with Gasteiger partial charge in [0.1, 0.15) is 5.69 Å². The number of nitrogen functional groups attached to an aromatic ring is 1. The molecule has 2 atom stereocenters. The van der Waals surface area contributed by atoms with Crippen molar-refractivity contribution in [1.29, 1.82) is 0 Å². The average Bonchev–Trinajstić information content (AvgIpc) is 2.60. The van der Waals surface area contributed by atoms with Crippen molar-refractivity contribution < 1.29 is 4.79 Å². The van der Waals surface area contributed by atoms with Gasteiger partial charge in [0.15, 0.2) is 0 Å². The van der Waals surface area contributed by atoms with E-state index < -0.39 is 10.8 Å². The number of nitrogens with two attached hydrogens (primary N) is 1. The van der Waals surface area contributed by atoms with Crippen molar-refractivity contribution in [1.82, 2.24) is 20.2 Å². The first-order valence-electron chi connectivity index (χ1n) is 7.61. The second-order valence-electron chi connectivity index (χ2n) is 5.56. The first-order chi connectivity index (χ1) is 11.4. The molecule has 0 aliphatic carbocycles. The highest BCUT2D eigenvalue weighted by atomic mass is 32.2. The summed E-state index contributed by atoms with van der Waals surface area (Å²) >= 11 is 1.10. The summed E-state index contributed by atoms with van der Waals surface area (Å²) in [4.78, 5) is 24.0. The van der Waals surface area contributed by atoms with Crippen molar-refractivity contribution in [2.45, 2.75) is 37.1 Å². The Labute approximate surface area is 144 Å². The first-order valence-corrected chi connectivity index (χ1v) is 8.48. The monoisotopic (exact) mass is 347 g/mol. The minimum absolute atomic E-state index is 0.141. The Bertz CT molecular complexity index is 763. The van der Waals surface area contributed by atoms with Gasteiger partial charge in [0.05, 0.1) is 5.25 Å². The van der Waals surface area contributed by atoms with Crippen molar-refractivity contribution in [3.63, 3.8) is 0 Å². The van der Waals surface area contributed by atoms with Crippen LogP contribution in [0.5, 0.6) is 0 Å². The third-order valence-electron chi connectivity index (χ3n) is 3.62. The number of carbonyl (C=O) groups is 1. The molecule has 0 aliphatic rings. The minimum Gasteiger partial charge on any atom is -0.355 e. The largest absolute Gasteiger partial charge is 0.355 e. The highest BCUT2D eigenvalue weighted by Gasteiger charge is 2.19. The molecule has 2 aromatic rings. The van der Waals surface area contributed by atoms with Gasteiger partial charge in [0.25, 0.3) is 5.56 Å². The summed E-state index contributed by atoms with van der Waals surface area (Å²) in [5.41, 5.74) is 0.965. The lowest BCUT2D eigenvalue weighted by molar-refractivity contribution is -0.120. The van der Waals surface area contributed by atoms with Crippen molar-refractivity contribution >= 4 is 17.7 Å². The van der Waals surface area contributed by atoms with Crippen LogP contribution >= 0.6 is 11.8 Å². The normalized spacial score (nSPS) is 13.3. The second kappa shape index (κ2) is 7.96. The van der Waals surface area contributed by atoms with Gasteiger partial charge < -0.3 is 11.2 Å². The summed E-state index contributed by atoms with van der Waals surface area (Å²) in [6, 6.07) is 9.97. The van der Waals surface area contributed by atoms with E-state index in [0.717, 1.165) is 16.4 Å². The fourth-order valence-corrected chi connectivity index (χ4v) is 2.85. The Morgan fingerprint density at radius 3 is 2.62 bits per heavy atom. The fraction of sp³-hybridized carbons (Fsp3) is 0.375. The van der Waals surface area contributed by atoms with Gasteiger partial charge in [-0.1, -0.05) is 49.0 Å². The van der Waals surface area contributed by atoms with Gasteiger partial charge in [-0.15, -0.1) is 10.2 Å². The van der Waals surface area contributed by atoms with E-state index >= 15 is 0 Å². The van der Waals surface area contributed by atoms with Crippen LogP contribution < -0.4 is 16.7 Å². The maximum atomic E-state index is 12.2. The average molecular weight is 347 g/mol. The van der Waals surface area contributed by atoms with Crippen LogP contribution in [-0.2, 0) is 4.79 Å². The van der Waals surface area contributed by atoms with Crippen LogP contribution in [0.3, 0.4) is 0 Å². The summed E-state index contributed by atoms with van der Waals surface area (Å²) < 4.78 is 0.920. The standard InChI is InChI=1S/C16H21N5O2S/c1-10(13-7-5-4-6-8-13)9-18-14(22)12(3)24-16-20-19-11(2)15(23)21(16)17/h4-8,10,12H,9,17H2,1-3H3,(H,18,22)/t10-,12-/m1/s1. The first kappa shape index (κ1) is 18.0. The zero-order valence-electron chi connectivity index (χ0n) is 13.9. The number of aromatic nitrogens is 3. The molecule has 1 aromatic heterocycles. The molecule has 1 heterocycles. The fourth-order valence-electron chi connectivity index (χ4n) is 2.06. The Morgan fingerprint density at radius 2 is 1.96 bits per heavy atom. The molecule has 128 valence electrons. The second-order valence-corrected chi connectivity index (χ2v) is 6.87.